The molecule has 0 saturated heterocycles. The summed E-state index contributed by atoms with van der Waals surface area (Å²) in [4.78, 5) is 15.7. The van der Waals surface area contributed by atoms with Gasteiger partial charge in [-0.25, -0.2) is 8.42 Å². The van der Waals surface area contributed by atoms with Crippen molar-refractivity contribution in [3.05, 3.63) is 94.4 Å². The second kappa shape index (κ2) is 9.32. The number of hydrogen-bond donors (Lipinski definition) is 0. The molecule has 3 aromatic carbocycles. The molecule has 0 saturated carbocycles. The Kier molecular flexibility index (Phi) is 6.45. The molecular formula is C25H22ClN3O4S. The zero-order valence-corrected chi connectivity index (χ0v) is 20.3. The molecule has 9 heteroatoms. The molecule has 0 N–H and O–H groups in total. The van der Waals surface area contributed by atoms with E-state index < -0.39 is 15.4 Å². The van der Waals surface area contributed by atoms with Crippen LogP contribution < -0.4 is 15.2 Å². The van der Waals surface area contributed by atoms with Crippen molar-refractivity contribution in [2.24, 2.45) is 0 Å². The van der Waals surface area contributed by atoms with Gasteiger partial charge < -0.3 is 9.64 Å². The van der Waals surface area contributed by atoms with E-state index in [0.29, 0.717) is 27.6 Å². The molecule has 1 aromatic heterocycles. The van der Waals surface area contributed by atoms with E-state index in [4.69, 9.17) is 16.3 Å². The van der Waals surface area contributed by atoms with E-state index in [0.717, 1.165) is 11.9 Å². The molecule has 0 aliphatic rings. The molecule has 0 bridgehead atoms. The molecule has 4 aromatic rings. The first-order chi connectivity index (χ1) is 16.1. The Morgan fingerprint density at radius 1 is 0.971 bits per heavy atom. The van der Waals surface area contributed by atoms with Crippen molar-refractivity contribution in [1.82, 2.24) is 9.78 Å². The lowest BCUT2D eigenvalue weighted by atomic mass is 10.1. The first-order valence-electron chi connectivity index (χ1n) is 10.3. The maximum Gasteiger partial charge on any atom is 0.315 e. The Morgan fingerprint density at radius 2 is 1.68 bits per heavy atom. The van der Waals surface area contributed by atoms with Crippen molar-refractivity contribution in [2.45, 2.75) is 4.90 Å². The van der Waals surface area contributed by atoms with Gasteiger partial charge in [0, 0.05) is 37.1 Å². The molecule has 0 unspecified atom stereocenters. The third kappa shape index (κ3) is 4.98. The highest BCUT2D eigenvalue weighted by Crippen LogP contribution is 2.32. The number of anilines is 1. The van der Waals surface area contributed by atoms with E-state index in [1.165, 1.54) is 23.0 Å². The third-order valence-corrected chi connectivity index (χ3v) is 6.50. The summed E-state index contributed by atoms with van der Waals surface area (Å²) in [6.07, 6.45) is 2.66. The average molecular weight is 496 g/mol. The number of ether oxygens (including phenoxy) is 1. The highest BCUT2D eigenvalue weighted by Gasteiger charge is 2.18. The van der Waals surface area contributed by atoms with Crippen LogP contribution in [0, 0.1) is 0 Å². The number of sulfone groups is 1. The fourth-order valence-corrected chi connectivity index (χ4v) is 4.17. The number of aromatic nitrogens is 2. The molecule has 4 rings (SSSR count). The van der Waals surface area contributed by atoms with Crippen LogP contribution in [0.4, 0.5) is 5.69 Å². The Bertz CT molecular complexity index is 1510. The van der Waals surface area contributed by atoms with Crippen LogP contribution in [0.25, 0.3) is 16.8 Å². The van der Waals surface area contributed by atoms with Gasteiger partial charge in [0.1, 0.15) is 5.75 Å². The molecule has 0 aliphatic heterocycles. The Morgan fingerprint density at radius 3 is 2.32 bits per heavy atom. The quantitative estimate of drug-likeness (QED) is 0.381. The second-order valence-electron chi connectivity index (χ2n) is 7.87. The van der Waals surface area contributed by atoms with Crippen LogP contribution >= 0.6 is 11.6 Å². The minimum Gasteiger partial charge on any atom is -0.451 e. The normalized spacial score (nSPS) is 11.3. The van der Waals surface area contributed by atoms with E-state index in [-0.39, 0.29) is 10.6 Å². The van der Waals surface area contributed by atoms with Crippen molar-refractivity contribution in [3.8, 4) is 28.3 Å². The summed E-state index contributed by atoms with van der Waals surface area (Å²) in [6.45, 7) is 0. The first kappa shape index (κ1) is 23.5. The van der Waals surface area contributed by atoms with Gasteiger partial charge in [0.05, 0.1) is 22.3 Å². The number of benzene rings is 3. The molecule has 1 heterocycles. The van der Waals surface area contributed by atoms with E-state index in [9.17, 15) is 13.2 Å². The Labute approximate surface area is 202 Å². The maximum absolute atomic E-state index is 13.6. The van der Waals surface area contributed by atoms with Crippen LogP contribution in [0.2, 0.25) is 5.02 Å². The van der Waals surface area contributed by atoms with Crippen LogP contribution in [0.1, 0.15) is 0 Å². The maximum atomic E-state index is 13.6. The molecule has 34 heavy (non-hydrogen) atoms. The van der Waals surface area contributed by atoms with E-state index >= 15 is 0 Å². The Balaban J connectivity index is 1.88. The lowest BCUT2D eigenvalue weighted by Gasteiger charge is -2.16. The lowest BCUT2D eigenvalue weighted by molar-refractivity contribution is 0.470. The van der Waals surface area contributed by atoms with Crippen molar-refractivity contribution in [2.75, 3.05) is 25.3 Å². The van der Waals surface area contributed by atoms with Crippen LogP contribution in [0.5, 0.6) is 11.5 Å². The largest absolute Gasteiger partial charge is 0.451 e. The van der Waals surface area contributed by atoms with Gasteiger partial charge in [-0.3, -0.25) is 4.79 Å². The topological polar surface area (TPSA) is 81.5 Å². The zero-order valence-electron chi connectivity index (χ0n) is 18.8. The highest BCUT2D eigenvalue weighted by atomic mass is 35.5. The standard InChI is InChI=1S/C25H22ClN3O4S/c1-28(2)19-7-5-9-21(15-19)33-24-23(17-10-12-22(13-11-17)34(3,31)32)16-27-29(25(24)30)20-8-4-6-18(26)14-20/h4-16H,1-3H3. The molecule has 0 spiro atoms. The number of nitrogens with zero attached hydrogens (tertiary/aromatic N) is 3. The lowest BCUT2D eigenvalue weighted by Crippen LogP contribution is -2.22. The van der Waals surface area contributed by atoms with Crippen molar-refractivity contribution >= 4 is 27.1 Å². The van der Waals surface area contributed by atoms with Crippen LogP contribution in [-0.4, -0.2) is 38.5 Å². The minimum atomic E-state index is -3.36. The van der Waals surface area contributed by atoms with Crippen LogP contribution in [0.3, 0.4) is 0 Å². The predicted octanol–water partition coefficient (Wildman–Crippen LogP) is 4.81. The van der Waals surface area contributed by atoms with Gasteiger partial charge in [0.2, 0.25) is 5.75 Å². The highest BCUT2D eigenvalue weighted by molar-refractivity contribution is 7.90. The van der Waals surface area contributed by atoms with Gasteiger partial charge in [-0.05, 0) is 48.0 Å². The van der Waals surface area contributed by atoms with Crippen molar-refractivity contribution in [3.63, 3.8) is 0 Å². The van der Waals surface area contributed by atoms with E-state index in [2.05, 4.69) is 5.10 Å². The summed E-state index contributed by atoms with van der Waals surface area (Å²) in [5.74, 6) is 0.527. The average Bonchev–Trinajstić information content (AvgIpc) is 2.80. The summed E-state index contributed by atoms with van der Waals surface area (Å²) < 4.78 is 31.0. The van der Waals surface area contributed by atoms with E-state index in [1.807, 2.05) is 37.2 Å². The van der Waals surface area contributed by atoms with Crippen molar-refractivity contribution < 1.29 is 13.2 Å². The summed E-state index contributed by atoms with van der Waals surface area (Å²) in [5, 5.41) is 4.79. The fourth-order valence-electron chi connectivity index (χ4n) is 3.36. The van der Waals surface area contributed by atoms with Crippen LogP contribution in [-0.2, 0) is 9.84 Å². The zero-order chi connectivity index (χ0) is 24.5. The monoisotopic (exact) mass is 495 g/mol. The smallest absolute Gasteiger partial charge is 0.315 e. The molecule has 174 valence electrons. The second-order valence-corrected chi connectivity index (χ2v) is 10.3. The number of rotatable bonds is 6. The minimum absolute atomic E-state index is 0.0537. The van der Waals surface area contributed by atoms with Gasteiger partial charge in [-0.15, -0.1) is 0 Å². The molecule has 7 nitrogen and oxygen atoms in total. The molecule has 0 atom stereocenters. The van der Waals surface area contributed by atoms with Gasteiger partial charge in [0.15, 0.2) is 9.84 Å². The molecule has 0 aliphatic carbocycles. The molecule has 0 radical (unpaired) electrons. The Hall–Kier alpha value is -3.62. The summed E-state index contributed by atoms with van der Waals surface area (Å²) >= 11 is 6.11. The number of halogens is 1. The van der Waals surface area contributed by atoms with Gasteiger partial charge >= 0.3 is 5.56 Å². The molecule has 0 fully saturated rings. The molecule has 0 amide bonds. The van der Waals surface area contributed by atoms with Gasteiger partial charge in [-0.1, -0.05) is 35.9 Å². The summed E-state index contributed by atoms with van der Waals surface area (Å²) in [5.41, 5.74) is 1.93. The van der Waals surface area contributed by atoms with E-state index in [1.54, 1.807) is 42.5 Å². The first-order valence-corrected chi connectivity index (χ1v) is 12.5. The fraction of sp³-hybridized carbons (Fsp3) is 0.120. The summed E-state index contributed by atoms with van der Waals surface area (Å²) in [7, 11) is 0.460. The molecular weight excluding hydrogens is 474 g/mol. The number of hydrogen-bond acceptors (Lipinski definition) is 6. The summed E-state index contributed by atoms with van der Waals surface area (Å²) in [6, 6.07) is 20.4. The van der Waals surface area contributed by atoms with Gasteiger partial charge in [0.25, 0.3) is 0 Å². The SMILES string of the molecule is CN(C)c1cccc(Oc2c(-c3ccc(S(C)(=O)=O)cc3)cnn(-c3cccc(Cl)c3)c2=O)c1. The predicted molar refractivity (Wildman–Crippen MR) is 134 cm³/mol. The van der Waals surface area contributed by atoms with Gasteiger partial charge in [-0.2, -0.15) is 9.78 Å². The van der Waals surface area contributed by atoms with Crippen molar-refractivity contribution in [1.29, 1.82) is 0 Å². The van der Waals surface area contributed by atoms with Crippen LogP contribution in [0.15, 0.2) is 88.7 Å². The third-order valence-electron chi connectivity index (χ3n) is 5.13.